The van der Waals surface area contributed by atoms with Gasteiger partial charge in [-0.2, -0.15) is 22.4 Å². The molecule has 0 radical (unpaired) electrons. The van der Waals surface area contributed by atoms with Gasteiger partial charge in [0.05, 0.1) is 0 Å². The van der Waals surface area contributed by atoms with Crippen LogP contribution in [0.2, 0.25) is 0 Å². The third-order valence-electron chi connectivity index (χ3n) is 5.14. The molecule has 2 rings (SSSR count). The van der Waals surface area contributed by atoms with E-state index in [9.17, 15) is 0 Å². The third-order valence-corrected chi connectivity index (χ3v) is 7.57. The Labute approximate surface area is 209 Å². The van der Waals surface area contributed by atoms with Crippen molar-refractivity contribution in [3.63, 3.8) is 0 Å². The largest absolute Gasteiger partial charge is 4.00 e. The molecule has 0 spiro atoms. The summed E-state index contributed by atoms with van der Waals surface area (Å²) in [6.07, 6.45) is 5.22. The second-order valence-electron chi connectivity index (χ2n) is 8.52. The SMILES string of the molecule is CCCCC[c-]1ccc([SiH2]c2c(C)cc(C)cc2C)c1C(C)(C)C.[Cl-].[Cl-].[Cl-].[Ti+4]. The molecule has 0 saturated carbocycles. The molecule has 2 aromatic carbocycles. The van der Waals surface area contributed by atoms with E-state index >= 15 is 0 Å². The molecular formula is C23H35Cl3SiTi. The van der Waals surface area contributed by atoms with E-state index in [0.717, 1.165) is 0 Å². The molecule has 0 saturated heterocycles. The molecule has 0 aromatic heterocycles. The first kappa shape index (κ1) is 33.0. The first-order valence-electron chi connectivity index (χ1n) is 9.58. The summed E-state index contributed by atoms with van der Waals surface area (Å²) in [4.78, 5) is 0. The molecule has 156 valence electrons. The number of hydrogen-bond acceptors (Lipinski definition) is 0. The summed E-state index contributed by atoms with van der Waals surface area (Å²) in [5.41, 5.74) is 7.90. The molecule has 2 aromatic rings. The summed E-state index contributed by atoms with van der Waals surface area (Å²) < 4.78 is 0. The average molecular weight is 494 g/mol. The Kier molecular flexibility index (Phi) is 17.0. The predicted octanol–water partition coefficient (Wildman–Crippen LogP) is -4.51. The standard InChI is InChI=1S/C23H35Si.3ClH.Ti/c1-8-9-10-11-19-12-13-20(21(19)23(5,6)7)24-22-17(3)14-16(2)15-18(22)4;;;;/h12-15H,8-11,24H2,1-7H3;3*1H;/q-1;;;;+4/p-3. The predicted molar refractivity (Wildman–Crippen MR) is 112 cm³/mol. The number of unbranched alkanes of at least 4 members (excludes halogenated alkanes) is 2. The van der Waals surface area contributed by atoms with Crippen LogP contribution in [0.1, 0.15) is 74.8 Å². The molecule has 0 heterocycles. The maximum Gasteiger partial charge on any atom is 4.00 e. The molecular weight excluding hydrogens is 459 g/mol. The molecule has 0 bridgehead atoms. The number of rotatable bonds is 6. The van der Waals surface area contributed by atoms with Crippen molar-refractivity contribution in [2.24, 2.45) is 0 Å². The maximum absolute atomic E-state index is 2.45. The number of hydrogen-bond donors (Lipinski definition) is 0. The van der Waals surface area contributed by atoms with Crippen LogP contribution in [0.4, 0.5) is 0 Å². The molecule has 0 unspecified atom stereocenters. The van der Waals surface area contributed by atoms with E-state index in [2.05, 4.69) is 72.7 Å². The van der Waals surface area contributed by atoms with Gasteiger partial charge in [0.15, 0.2) is 0 Å². The monoisotopic (exact) mass is 492 g/mol. The van der Waals surface area contributed by atoms with Gasteiger partial charge in [-0.15, -0.1) is 0 Å². The molecule has 0 aliphatic carbocycles. The zero-order chi connectivity index (χ0) is 17.9. The molecule has 0 fully saturated rings. The van der Waals surface area contributed by atoms with Crippen molar-refractivity contribution in [2.45, 2.75) is 79.6 Å². The van der Waals surface area contributed by atoms with Gasteiger partial charge in [-0.1, -0.05) is 87.4 Å². The molecule has 0 amide bonds. The summed E-state index contributed by atoms with van der Waals surface area (Å²) in [6.45, 7) is 16.3. The second-order valence-corrected chi connectivity index (χ2v) is 10.3. The molecule has 5 heteroatoms. The topological polar surface area (TPSA) is 0 Å². The van der Waals surface area contributed by atoms with Gasteiger partial charge in [0.25, 0.3) is 0 Å². The molecule has 0 aliphatic rings. The zero-order valence-electron chi connectivity index (χ0n) is 18.5. The minimum atomic E-state index is -0.424. The Morgan fingerprint density at radius 1 is 0.929 bits per heavy atom. The van der Waals surface area contributed by atoms with Gasteiger partial charge >= 0.3 is 21.7 Å². The van der Waals surface area contributed by atoms with Crippen LogP contribution in [0.25, 0.3) is 0 Å². The van der Waals surface area contributed by atoms with Gasteiger partial charge in [0.2, 0.25) is 0 Å². The van der Waals surface area contributed by atoms with Crippen LogP contribution in [0.5, 0.6) is 0 Å². The summed E-state index contributed by atoms with van der Waals surface area (Å²) in [5.74, 6) is 0. The Morgan fingerprint density at radius 3 is 1.93 bits per heavy atom. The van der Waals surface area contributed by atoms with Crippen LogP contribution in [0, 0.1) is 20.8 Å². The van der Waals surface area contributed by atoms with Crippen LogP contribution in [-0.4, -0.2) is 9.52 Å². The van der Waals surface area contributed by atoms with Crippen molar-refractivity contribution in [3.05, 3.63) is 52.1 Å². The van der Waals surface area contributed by atoms with Crippen LogP contribution in [0.15, 0.2) is 24.3 Å². The quantitative estimate of drug-likeness (QED) is 0.216. The van der Waals surface area contributed by atoms with Gasteiger partial charge in [0, 0.05) is 9.52 Å². The van der Waals surface area contributed by atoms with E-state index in [0.29, 0.717) is 0 Å². The van der Waals surface area contributed by atoms with Crippen molar-refractivity contribution >= 4 is 19.9 Å². The van der Waals surface area contributed by atoms with Crippen molar-refractivity contribution in [1.29, 1.82) is 0 Å². The van der Waals surface area contributed by atoms with E-state index in [1.807, 2.05) is 0 Å². The second kappa shape index (κ2) is 14.4. The van der Waals surface area contributed by atoms with E-state index in [1.165, 1.54) is 42.4 Å². The fourth-order valence-electron chi connectivity index (χ4n) is 4.14. The van der Waals surface area contributed by atoms with Crippen LogP contribution in [0.3, 0.4) is 0 Å². The maximum atomic E-state index is 2.45. The molecule has 0 nitrogen and oxygen atoms in total. The molecule has 0 aliphatic heterocycles. The first-order chi connectivity index (χ1) is 11.2. The molecule has 0 atom stereocenters. The van der Waals surface area contributed by atoms with Crippen molar-refractivity contribution in [3.8, 4) is 0 Å². The van der Waals surface area contributed by atoms with E-state index in [-0.39, 0.29) is 64.4 Å². The van der Waals surface area contributed by atoms with Gasteiger partial charge in [-0.05, 0) is 26.2 Å². The third kappa shape index (κ3) is 8.62. The number of aryl methyl sites for hydroxylation is 4. The fraction of sp³-hybridized carbons (Fsp3) is 0.522. The van der Waals surface area contributed by atoms with Gasteiger partial charge in [-0.25, -0.2) is 6.07 Å². The van der Waals surface area contributed by atoms with Gasteiger partial charge in [-0.3, -0.25) is 0 Å². The summed E-state index contributed by atoms with van der Waals surface area (Å²) >= 11 is 0. The Bertz CT molecular complexity index is 679. The first-order valence-corrected chi connectivity index (χ1v) is 11.0. The van der Waals surface area contributed by atoms with Crippen molar-refractivity contribution < 1.29 is 58.9 Å². The fourth-order valence-corrected chi connectivity index (χ4v) is 6.45. The Morgan fingerprint density at radius 2 is 1.46 bits per heavy atom. The van der Waals surface area contributed by atoms with Crippen LogP contribution < -0.4 is 47.6 Å². The van der Waals surface area contributed by atoms with Crippen LogP contribution >= 0.6 is 0 Å². The summed E-state index contributed by atoms with van der Waals surface area (Å²) in [7, 11) is -0.424. The summed E-state index contributed by atoms with van der Waals surface area (Å²) in [5, 5.41) is 3.32. The zero-order valence-corrected chi connectivity index (χ0v) is 23.7. The number of halogens is 3. The summed E-state index contributed by atoms with van der Waals surface area (Å²) in [6, 6.07) is 9.60. The molecule has 0 N–H and O–H groups in total. The average Bonchev–Trinajstić information content (AvgIpc) is 2.86. The van der Waals surface area contributed by atoms with Gasteiger partial charge in [0.1, 0.15) is 0 Å². The van der Waals surface area contributed by atoms with Gasteiger partial charge < -0.3 is 37.2 Å². The molecule has 28 heavy (non-hydrogen) atoms. The smallest absolute Gasteiger partial charge is 1.00 e. The Hall–Kier alpha value is 0.371. The normalized spacial score (nSPS) is 10.7. The van der Waals surface area contributed by atoms with E-state index < -0.39 is 9.52 Å². The minimum absolute atomic E-state index is 0. The van der Waals surface area contributed by atoms with Crippen LogP contribution in [-0.2, 0) is 33.6 Å². The van der Waals surface area contributed by atoms with E-state index in [4.69, 9.17) is 0 Å². The van der Waals surface area contributed by atoms with Crippen molar-refractivity contribution in [2.75, 3.05) is 0 Å². The van der Waals surface area contributed by atoms with E-state index in [1.54, 1.807) is 21.5 Å². The number of benzene rings is 1. The Balaban J connectivity index is -0.00000156. The minimum Gasteiger partial charge on any atom is -1.00 e. The van der Waals surface area contributed by atoms with Crippen molar-refractivity contribution in [1.82, 2.24) is 0 Å².